The summed E-state index contributed by atoms with van der Waals surface area (Å²) in [7, 11) is -1.73. The third kappa shape index (κ3) is 2.28. The number of fused-ring (bicyclic) bond motifs is 4. The summed E-state index contributed by atoms with van der Waals surface area (Å²) in [6, 6.07) is 22.8. The Morgan fingerprint density at radius 2 is 1.26 bits per heavy atom. The molecule has 1 atom stereocenters. The van der Waals surface area contributed by atoms with Crippen LogP contribution in [0.3, 0.4) is 0 Å². The summed E-state index contributed by atoms with van der Waals surface area (Å²) >= 11 is 0. The molecule has 0 saturated carbocycles. The van der Waals surface area contributed by atoms with Crippen LogP contribution in [0, 0.1) is 13.8 Å². The Bertz CT molecular complexity index is 1040. The molecule has 2 aliphatic rings. The number of hydrogen-bond donors (Lipinski definition) is 0. The number of aryl methyl sites for hydroxylation is 2. The Kier molecular flexibility index (Phi) is 3.61. The van der Waals surface area contributed by atoms with Crippen LogP contribution in [0.25, 0.3) is 17.2 Å². The first-order valence-electron chi connectivity index (χ1n) is 9.96. The molecule has 3 aromatic rings. The molecule has 134 valence electrons. The summed E-state index contributed by atoms with van der Waals surface area (Å²) in [6.45, 7) is 9.74. The van der Waals surface area contributed by atoms with Crippen molar-refractivity contribution in [2.45, 2.75) is 38.0 Å². The van der Waals surface area contributed by atoms with Crippen LogP contribution in [0.2, 0.25) is 13.1 Å². The van der Waals surface area contributed by atoms with Crippen molar-refractivity contribution in [1.29, 1.82) is 0 Å². The Morgan fingerprint density at radius 3 is 1.89 bits per heavy atom. The van der Waals surface area contributed by atoms with Crippen molar-refractivity contribution in [3.05, 3.63) is 100 Å². The molecule has 0 amide bonds. The molecule has 1 unspecified atom stereocenters. The molecule has 3 aromatic carbocycles. The summed E-state index contributed by atoms with van der Waals surface area (Å²) in [6.07, 6.45) is 4.91. The first-order chi connectivity index (χ1) is 13.0. The molecule has 5 rings (SSSR count). The fourth-order valence-corrected chi connectivity index (χ4v) is 9.72. The maximum Gasteiger partial charge on any atom is 0.0723 e. The van der Waals surface area contributed by atoms with E-state index in [0.717, 1.165) is 0 Å². The van der Waals surface area contributed by atoms with Crippen molar-refractivity contribution in [3.8, 4) is 11.1 Å². The predicted molar refractivity (Wildman–Crippen MR) is 119 cm³/mol. The molecule has 0 saturated heterocycles. The van der Waals surface area contributed by atoms with Gasteiger partial charge in [0.1, 0.15) is 0 Å². The highest BCUT2D eigenvalue weighted by Crippen LogP contribution is 2.54. The molecule has 27 heavy (non-hydrogen) atoms. The minimum Gasteiger partial charge on any atom is -0.0791 e. The molecular weight excluding hydrogens is 340 g/mol. The Hall–Kier alpha value is -2.38. The maximum absolute atomic E-state index is 2.60. The van der Waals surface area contributed by atoms with Crippen molar-refractivity contribution in [1.82, 2.24) is 0 Å². The molecule has 1 heteroatoms. The van der Waals surface area contributed by atoms with Gasteiger partial charge in [0.25, 0.3) is 0 Å². The normalized spacial score (nSPS) is 17.7. The largest absolute Gasteiger partial charge is 0.0791 e. The Balaban J connectivity index is 1.71. The fourth-order valence-electron chi connectivity index (χ4n) is 5.53. The minimum absolute atomic E-state index is 0.547. The second-order valence-corrected chi connectivity index (χ2v) is 13.6. The molecule has 0 heterocycles. The molecule has 0 bridgehead atoms. The number of rotatable bonds is 2. The average Bonchev–Trinajstić information content (AvgIpc) is 3.26. The van der Waals surface area contributed by atoms with Crippen molar-refractivity contribution >= 4 is 14.1 Å². The van der Waals surface area contributed by atoms with Gasteiger partial charge in [-0.05, 0) is 63.9 Å². The van der Waals surface area contributed by atoms with Gasteiger partial charge in [-0.2, -0.15) is 0 Å². The summed E-state index contributed by atoms with van der Waals surface area (Å²) in [5.74, 6) is 0. The molecule has 2 aliphatic carbocycles. The van der Waals surface area contributed by atoms with Gasteiger partial charge in [0.2, 0.25) is 0 Å². The molecule has 0 radical (unpaired) electrons. The van der Waals surface area contributed by atoms with Crippen molar-refractivity contribution in [3.63, 3.8) is 0 Å². The zero-order chi connectivity index (χ0) is 18.8. The maximum atomic E-state index is 2.60. The van der Waals surface area contributed by atoms with E-state index in [1.807, 2.05) is 0 Å². The Labute approximate surface area is 163 Å². The molecular formula is C26H26Si. The summed E-state index contributed by atoms with van der Waals surface area (Å²) in [5, 5.41) is 0. The van der Waals surface area contributed by atoms with Gasteiger partial charge in [0, 0.05) is 5.54 Å². The van der Waals surface area contributed by atoms with E-state index < -0.39 is 8.07 Å². The van der Waals surface area contributed by atoms with Crippen LogP contribution < -0.4 is 0 Å². The van der Waals surface area contributed by atoms with E-state index >= 15 is 0 Å². The fraction of sp³-hybridized carbons (Fsp3) is 0.231. The van der Waals surface area contributed by atoms with Crippen molar-refractivity contribution in [2.24, 2.45) is 0 Å². The van der Waals surface area contributed by atoms with Gasteiger partial charge in [-0.25, -0.2) is 0 Å². The van der Waals surface area contributed by atoms with Crippen LogP contribution in [0.15, 0.2) is 66.7 Å². The van der Waals surface area contributed by atoms with Gasteiger partial charge >= 0.3 is 0 Å². The van der Waals surface area contributed by atoms with Gasteiger partial charge in [-0.15, -0.1) is 0 Å². The predicted octanol–water partition coefficient (Wildman–Crippen LogP) is 7.01. The average molecular weight is 367 g/mol. The topological polar surface area (TPSA) is 0 Å². The standard InChI is InChI=1S/C26H26Si/c1-17-13-14-18(2)25-19(17)15-16-24(25)27(3,4)26-22-11-7-5-9-20(22)21-10-6-8-12-23(21)26/h5-16,24,26H,1-4H3. The van der Waals surface area contributed by atoms with Gasteiger partial charge in [0.15, 0.2) is 0 Å². The second-order valence-electron chi connectivity index (χ2n) is 8.79. The van der Waals surface area contributed by atoms with E-state index in [0.29, 0.717) is 11.1 Å². The summed E-state index contributed by atoms with van der Waals surface area (Å²) in [5.41, 5.74) is 13.0. The highest BCUT2D eigenvalue weighted by Gasteiger charge is 2.46. The van der Waals surface area contributed by atoms with Crippen LogP contribution in [0.1, 0.15) is 44.5 Å². The van der Waals surface area contributed by atoms with Crippen molar-refractivity contribution in [2.75, 3.05) is 0 Å². The molecule has 0 fully saturated rings. The quantitative estimate of drug-likeness (QED) is 0.428. The van der Waals surface area contributed by atoms with E-state index in [1.165, 1.54) is 27.8 Å². The first kappa shape index (κ1) is 16.8. The zero-order valence-corrected chi connectivity index (χ0v) is 17.6. The number of hydrogen-bond acceptors (Lipinski definition) is 0. The van der Waals surface area contributed by atoms with Crippen LogP contribution in [0.5, 0.6) is 0 Å². The Morgan fingerprint density at radius 1 is 0.704 bits per heavy atom. The van der Waals surface area contributed by atoms with Crippen LogP contribution in [0.4, 0.5) is 0 Å². The molecule has 0 nitrogen and oxygen atoms in total. The van der Waals surface area contributed by atoms with E-state index in [-0.39, 0.29) is 0 Å². The third-order valence-electron chi connectivity index (χ3n) is 6.87. The van der Waals surface area contributed by atoms with Gasteiger partial charge in [0.05, 0.1) is 8.07 Å². The van der Waals surface area contributed by atoms with Crippen LogP contribution >= 0.6 is 0 Å². The SMILES string of the molecule is Cc1ccc(C)c2c1C=CC2[Si](C)(C)C1c2ccccc2-c2ccccc21. The molecule has 0 N–H and O–H groups in total. The minimum atomic E-state index is -1.73. The van der Waals surface area contributed by atoms with Crippen LogP contribution in [-0.2, 0) is 0 Å². The lowest BCUT2D eigenvalue weighted by Crippen LogP contribution is -2.41. The van der Waals surface area contributed by atoms with Crippen molar-refractivity contribution < 1.29 is 0 Å². The van der Waals surface area contributed by atoms with Gasteiger partial charge < -0.3 is 0 Å². The summed E-state index contributed by atoms with van der Waals surface area (Å²) in [4.78, 5) is 0. The lowest BCUT2D eigenvalue weighted by atomic mass is 9.99. The lowest BCUT2D eigenvalue weighted by Gasteiger charge is -2.37. The number of allylic oxidation sites excluding steroid dienone is 1. The summed E-state index contributed by atoms with van der Waals surface area (Å²) < 4.78 is 0. The zero-order valence-electron chi connectivity index (χ0n) is 16.6. The lowest BCUT2D eigenvalue weighted by molar-refractivity contribution is 1.01. The third-order valence-corrected chi connectivity index (χ3v) is 11.1. The first-order valence-corrected chi connectivity index (χ1v) is 13.1. The van der Waals surface area contributed by atoms with E-state index in [1.54, 1.807) is 16.7 Å². The van der Waals surface area contributed by atoms with E-state index in [9.17, 15) is 0 Å². The number of benzene rings is 3. The highest BCUT2D eigenvalue weighted by molar-refractivity contribution is 6.81. The smallest absolute Gasteiger partial charge is 0.0723 e. The monoisotopic (exact) mass is 366 g/mol. The van der Waals surface area contributed by atoms with Crippen LogP contribution in [-0.4, -0.2) is 8.07 Å². The highest BCUT2D eigenvalue weighted by atomic mass is 28.3. The van der Waals surface area contributed by atoms with Gasteiger partial charge in [-0.3, -0.25) is 0 Å². The molecule has 0 aliphatic heterocycles. The second kappa shape index (κ2) is 5.81. The van der Waals surface area contributed by atoms with E-state index in [2.05, 4.69) is 99.8 Å². The molecule has 0 aromatic heterocycles. The van der Waals surface area contributed by atoms with E-state index in [4.69, 9.17) is 0 Å². The van der Waals surface area contributed by atoms with Gasteiger partial charge in [-0.1, -0.05) is 85.9 Å². The molecule has 0 spiro atoms.